The minimum Gasteiger partial charge on any atom is -0.290 e. The maximum atomic E-state index is 7.14. The van der Waals surface area contributed by atoms with Crippen LogP contribution in [0.1, 0.15) is 32.6 Å². The van der Waals surface area contributed by atoms with Gasteiger partial charge in [-0.1, -0.05) is 19.3 Å². The van der Waals surface area contributed by atoms with Gasteiger partial charge < -0.3 is 0 Å². The molecule has 0 aliphatic carbocycles. The van der Waals surface area contributed by atoms with E-state index in [1.165, 1.54) is 25.9 Å². The highest BCUT2D eigenvalue weighted by Gasteiger charge is 2.18. The lowest BCUT2D eigenvalue weighted by Crippen LogP contribution is -2.31. The molecule has 1 aliphatic rings. The minimum absolute atomic E-state index is 0.308. The Hall–Kier alpha value is -0.480. The van der Waals surface area contributed by atoms with Crippen molar-refractivity contribution in [2.45, 2.75) is 38.6 Å². The van der Waals surface area contributed by atoms with E-state index in [9.17, 15) is 0 Å². The van der Waals surface area contributed by atoms with Gasteiger partial charge in [0.25, 0.3) is 0 Å². The Balaban J connectivity index is 2.35. The van der Waals surface area contributed by atoms with Gasteiger partial charge in [-0.25, -0.2) is 0 Å². The van der Waals surface area contributed by atoms with E-state index in [4.69, 9.17) is 6.42 Å². The molecule has 1 heteroatoms. The van der Waals surface area contributed by atoms with E-state index in [0.29, 0.717) is 6.04 Å². The molecule has 0 amide bonds. The lowest BCUT2D eigenvalue weighted by Gasteiger charge is -2.21. The Morgan fingerprint density at radius 2 is 2.09 bits per heavy atom. The zero-order chi connectivity index (χ0) is 8.10. The molecule has 11 heavy (non-hydrogen) atoms. The molecule has 1 fully saturated rings. The van der Waals surface area contributed by atoms with Gasteiger partial charge in [-0.15, -0.1) is 0 Å². The first-order chi connectivity index (χ1) is 5.38. The second kappa shape index (κ2) is 4.41. The molecular formula is C10H16N. The summed E-state index contributed by atoms with van der Waals surface area (Å²) < 4.78 is 0. The molecule has 1 atom stereocenters. The van der Waals surface area contributed by atoms with Crippen LogP contribution in [0.25, 0.3) is 0 Å². The van der Waals surface area contributed by atoms with E-state index in [2.05, 4.69) is 17.7 Å². The molecule has 1 heterocycles. The summed E-state index contributed by atoms with van der Waals surface area (Å²) in [6.07, 6.45) is 12.0. The van der Waals surface area contributed by atoms with Crippen LogP contribution in [0.3, 0.4) is 0 Å². The van der Waals surface area contributed by atoms with Gasteiger partial charge in [0.15, 0.2) is 0 Å². The van der Waals surface area contributed by atoms with Crippen LogP contribution in [0, 0.1) is 12.3 Å². The third-order valence-corrected chi connectivity index (χ3v) is 2.31. The molecule has 1 nitrogen and oxygen atoms in total. The summed E-state index contributed by atoms with van der Waals surface area (Å²) in [7, 11) is 0. The molecule has 0 aromatic heterocycles. The summed E-state index contributed by atoms with van der Waals surface area (Å²) in [6.45, 7) is 4.52. The Kier molecular flexibility index (Phi) is 3.45. The van der Waals surface area contributed by atoms with Crippen molar-refractivity contribution < 1.29 is 0 Å². The van der Waals surface area contributed by atoms with E-state index < -0.39 is 0 Å². The van der Waals surface area contributed by atoms with Crippen LogP contribution in [0.5, 0.6) is 0 Å². The van der Waals surface area contributed by atoms with Crippen molar-refractivity contribution in [2.75, 3.05) is 13.1 Å². The van der Waals surface area contributed by atoms with Crippen LogP contribution in [0.15, 0.2) is 0 Å². The minimum atomic E-state index is 0.308. The molecule has 0 aromatic rings. The Morgan fingerprint density at radius 3 is 2.55 bits per heavy atom. The molecule has 0 spiro atoms. The first kappa shape index (κ1) is 8.62. The second-order valence-electron chi connectivity index (χ2n) is 3.19. The molecule has 1 rings (SSSR count). The fourth-order valence-corrected chi connectivity index (χ4v) is 1.67. The number of nitrogens with zero attached hydrogens (tertiary/aromatic N) is 1. The molecule has 1 unspecified atom stereocenters. The van der Waals surface area contributed by atoms with Crippen molar-refractivity contribution in [2.24, 2.45) is 0 Å². The van der Waals surface area contributed by atoms with E-state index in [1.807, 2.05) is 0 Å². The summed E-state index contributed by atoms with van der Waals surface area (Å²) >= 11 is 0. The molecular weight excluding hydrogens is 134 g/mol. The maximum Gasteiger partial charge on any atom is 0.0724 e. The van der Waals surface area contributed by atoms with Crippen molar-refractivity contribution in [1.82, 2.24) is 4.90 Å². The van der Waals surface area contributed by atoms with Gasteiger partial charge in [0.1, 0.15) is 0 Å². The molecule has 1 radical (unpaired) electrons. The van der Waals surface area contributed by atoms with Gasteiger partial charge in [-0.05, 0) is 38.8 Å². The fourth-order valence-electron chi connectivity index (χ4n) is 1.67. The van der Waals surface area contributed by atoms with E-state index in [0.717, 1.165) is 12.8 Å². The van der Waals surface area contributed by atoms with E-state index >= 15 is 0 Å². The monoisotopic (exact) mass is 150 g/mol. The van der Waals surface area contributed by atoms with Gasteiger partial charge in [0, 0.05) is 0 Å². The Morgan fingerprint density at radius 1 is 1.45 bits per heavy atom. The van der Waals surface area contributed by atoms with Crippen molar-refractivity contribution in [1.29, 1.82) is 0 Å². The van der Waals surface area contributed by atoms with Crippen LogP contribution >= 0.6 is 0 Å². The standard InChI is InChI=1S/C10H16N/c1-3-7-10(4-2)11-8-5-6-9-11/h10H,3,5-9H2,1H3. The zero-order valence-corrected chi connectivity index (χ0v) is 7.27. The highest BCUT2D eigenvalue weighted by atomic mass is 15.2. The molecule has 0 N–H and O–H groups in total. The van der Waals surface area contributed by atoms with E-state index in [-0.39, 0.29) is 0 Å². The maximum absolute atomic E-state index is 7.14. The van der Waals surface area contributed by atoms with Gasteiger partial charge in [-0.3, -0.25) is 4.90 Å². The molecule has 61 valence electrons. The van der Waals surface area contributed by atoms with Crippen LogP contribution in [0.4, 0.5) is 0 Å². The number of hydrogen-bond acceptors (Lipinski definition) is 1. The molecule has 0 saturated carbocycles. The van der Waals surface area contributed by atoms with Gasteiger partial charge >= 0.3 is 0 Å². The number of hydrogen-bond donors (Lipinski definition) is 0. The molecule has 0 bridgehead atoms. The lowest BCUT2D eigenvalue weighted by molar-refractivity contribution is 0.278. The summed E-state index contributed by atoms with van der Waals surface area (Å²) in [5.41, 5.74) is 0. The zero-order valence-electron chi connectivity index (χ0n) is 7.27. The van der Waals surface area contributed by atoms with E-state index in [1.54, 1.807) is 0 Å². The predicted octanol–water partition coefficient (Wildman–Crippen LogP) is 1.84. The lowest BCUT2D eigenvalue weighted by atomic mass is 10.1. The first-order valence-corrected chi connectivity index (χ1v) is 4.54. The molecule has 1 saturated heterocycles. The van der Waals surface area contributed by atoms with Crippen LogP contribution in [-0.4, -0.2) is 24.0 Å². The second-order valence-corrected chi connectivity index (χ2v) is 3.19. The summed E-state index contributed by atoms with van der Waals surface area (Å²) in [6, 6.07) is 0.308. The summed E-state index contributed by atoms with van der Waals surface area (Å²) in [5, 5.41) is 0. The average Bonchev–Trinajstić information content (AvgIpc) is 2.52. The van der Waals surface area contributed by atoms with Crippen LogP contribution < -0.4 is 0 Å². The topological polar surface area (TPSA) is 3.24 Å². The molecule has 0 aromatic carbocycles. The third kappa shape index (κ3) is 2.24. The van der Waals surface area contributed by atoms with Gasteiger partial charge in [-0.2, -0.15) is 0 Å². The Labute approximate surface area is 69.8 Å². The summed E-state index contributed by atoms with van der Waals surface area (Å²) in [5.74, 6) is 2.62. The predicted molar refractivity (Wildman–Crippen MR) is 46.6 cm³/mol. The number of rotatable bonds is 3. The SMILES string of the molecule is [C]#CC(CCC)N1CCCC1. The normalized spacial score (nSPS) is 21.5. The third-order valence-electron chi connectivity index (χ3n) is 2.31. The van der Waals surface area contributed by atoms with Crippen molar-refractivity contribution in [3.05, 3.63) is 6.42 Å². The van der Waals surface area contributed by atoms with Crippen LogP contribution in [0.2, 0.25) is 0 Å². The van der Waals surface area contributed by atoms with Crippen molar-refractivity contribution in [3.63, 3.8) is 0 Å². The average molecular weight is 150 g/mol. The van der Waals surface area contributed by atoms with Gasteiger partial charge in [0.05, 0.1) is 6.04 Å². The van der Waals surface area contributed by atoms with Crippen molar-refractivity contribution in [3.8, 4) is 5.92 Å². The highest BCUT2D eigenvalue weighted by molar-refractivity contribution is 4.96. The first-order valence-electron chi connectivity index (χ1n) is 4.54. The Bertz CT molecular complexity index is 139. The smallest absolute Gasteiger partial charge is 0.0724 e. The molecule has 1 aliphatic heterocycles. The summed E-state index contributed by atoms with van der Waals surface area (Å²) in [4.78, 5) is 2.37. The quantitative estimate of drug-likeness (QED) is 0.555. The van der Waals surface area contributed by atoms with Gasteiger partial charge in [0.2, 0.25) is 0 Å². The largest absolute Gasteiger partial charge is 0.290 e. The fraction of sp³-hybridized carbons (Fsp3) is 0.800. The van der Waals surface area contributed by atoms with Crippen LogP contribution in [-0.2, 0) is 0 Å². The highest BCUT2D eigenvalue weighted by Crippen LogP contribution is 2.14. The van der Waals surface area contributed by atoms with Crippen molar-refractivity contribution >= 4 is 0 Å². The number of likely N-dealkylation sites (tertiary alicyclic amines) is 1.